The lowest BCUT2D eigenvalue weighted by Crippen LogP contribution is -2.44. The molecule has 2 aromatic carbocycles. The summed E-state index contributed by atoms with van der Waals surface area (Å²) in [5.41, 5.74) is 1.82. The molecule has 7 nitrogen and oxygen atoms in total. The Morgan fingerprint density at radius 3 is 2.81 bits per heavy atom. The molecule has 0 bridgehead atoms. The number of aryl methyl sites for hydroxylation is 1. The number of carbonyl (C=O) groups excluding carboxylic acids is 1. The molecule has 0 saturated carbocycles. The number of methoxy groups -OCH3 is 1. The summed E-state index contributed by atoms with van der Waals surface area (Å²) in [6.07, 6.45) is 0. The Hall–Kier alpha value is -2.68. The van der Waals surface area contributed by atoms with Gasteiger partial charge in [-0.3, -0.25) is 14.6 Å². The van der Waals surface area contributed by atoms with Gasteiger partial charge in [0, 0.05) is 32.2 Å². The van der Waals surface area contributed by atoms with Gasteiger partial charge in [0.1, 0.15) is 11.5 Å². The van der Waals surface area contributed by atoms with E-state index in [4.69, 9.17) is 19.2 Å². The Kier molecular flexibility index (Phi) is 7.01. The number of rotatable bonds is 8. The van der Waals surface area contributed by atoms with E-state index in [1.54, 1.807) is 12.0 Å². The number of anilines is 1. The van der Waals surface area contributed by atoms with Crippen molar-refractivity contribution in [3.05, 3.63) is 48.0 Å². The average molecular weight is 442 g/mol. The first-order valence-corrected chi connectivity index (χ1v) is 11.2. The first kappa shape index (κ1) is 21.5. The number of nitrogens with zero attached hydrogens (tertiary/aromatic N) is 3. The van der Waals surface area contributed by atoms with Crippen molar-refractivity contribution in [3.63, 3.8) is 0 Å². The second-order valence-corrected chi connectivity index (χ2v) is 8.39. The second-order valence-electron chi connectivity index (χ2n) is 7.38. The predicted octanol–water partition coefficient (Wildman–Crippen LogP) is 3.36. The van der Waals surface area contributed by atoms with Crippen molar-refractivity contribution >= 4 is 32.6 Å². The Balaban J connectivity index is 1.52. The van der Waals surface area contributed by atoms with Gasteiger partial charge in [-0.15, -0.1) is 0 Å². The van der Waals surface area contributed by atoms with Gasteiger partial charge in [0.2, 0.25) is 0 Å². The Labute approximate surface area is 186 Å². The first-order valence-electron chi connectivity index (χ1n) is 10.4. The summed E-state index contributed by atoms with van der Waals surface area (Å²) in [6.45, 7) is 6.45. The number of aromatic nitrogens is 1. The molecule has 0 N–H and O–H groups in total. The fourth-order valence-corrected chi connectivity index (χ4v) is 4.46. The summed E-state index contributed by atoms with van der Waals surface area (Å²) in [6, 6.07) is 13.5. The Bertz CT molecular complexity index is 1030. The van der Waals surface area contributed by atoms with Crippen LogP contribution in [-0.4, -0.2) is 68.9 Å². The fraction of sp³-hybridized carbons (Fsp3) is 0.391. The molecule has 1 saturated heterocycles. The summed E-state index contributed by atoms with van der Waals surface area (Å²) >= 11 is 1.50. The first-order chi connectivity index (χ1) is 15.1. The van der Waals surface area contributed by atoms with Crippen LogP contribution in [-0.2, 0) is 9.53 Å². The van der Waals surface area contributed by atoms with E-state index < -0.39 is 0 Å². The van der Waals surface area contributed by atoms with Crippen LogP contribution in [0.25, 0.3) is 10.2 Å². The van der Waals surface area contributed by atoms with Crippen LogP contribution in [0.4, 0.5) is 5.13 Å². The summed E-state index contributed by atoms with van der Waals surface area (Å²) < 4.78 is 17.6. The lowest BCUT2D eigenvalue weighted by Gasteiger charge is -2.29. The largest absolute Gasteiger partial charge is 0.497 e. The van der Waals surface area contributed by atoms with Crippen LogP contribution in [0.2, 0.25) is 0 Å². The van der Waals surface area contributed by atoms with E-state index in [2.05, 4.69) is 4.90 Å². The van der Waals surface area contributed by atoms with Crippen molar-refractivity contribution in [1.29, 1.82) is 0 Å². The van der Waals surface area contributed by atoms with Crippen LogP contribution < -0.4 is 14.4 Å². The fourth-order valence-electron chi connectivity index (χ4n) is 3.47. The van der Waals surface area contributed by atoms with Crippen molar-refractivity contribution < 1.29 is 19.0 Å². The number of hydrogen-bond donors (Lipinski definition) is 0. The molecule has 0 atom stereocenters. The predicted molar refractivity (Wildman–Crippen MR) is 122 cm³/mol. The van der Waals surface area contributed by atoms with Crippen LogP contribution in [0, 0.1) is 6.92 Å². The van der Waals surface area contributed by atoms with Crippen LogP contribution in [0.5, 0.6) is 11.5 Å². The van der Waals surface area contributed by atoms with E-state index in [1.165, 1.54) is 11.3 Å². The van der Waals surface area contributed by atoms with E-state index in [-0.39, 0.29) is 12.5 Å². The maximum atomic E-state index is 13.2. The summed E-state index contributed by atoms with van der Waals surface area (Å²) in [5, 5.41) is 0.676. The van der Waals surface area contributed by atoms with E-state index in [9.17, 15) is 4.79 Å². The molecule has 2 heterocycles. The number of thiazole rings is 1. The molecule has 1 aromatic heterocycles. The smallest absolute Gasteiger partial charge is 0.266 e. The third-order valence-electron chi connectivity index (χ3n) is 5.30. The molecule has 164 valence electrons. The minimum Gasteiger partial charge on any atom is -0.497 e. The van der Waals surface area contributed by atoms with Crippen molar-refractivity contribution in [2.45, 2.75) is 6.92 Å². The van der Waals surface area contributed by atoms with Crippen LogP contribution in [0.15, 0.2) is 42.5 Å². The molecule has 8 heteroatoms. The number of ether oxygens (including phenoxy) is 3. The number of morpholine rings is 1. The molecule has 0 aliphatic carbocycles. The molecule has 0 spiro atoms. The minimum absolute atomic E-state index is 0.0345. The van der Waals surface area contributed by atoms with Crippen LogP contribution in [0.3, 0.4) is 0 Å². The van der Waals surface area contributed by atoms with Crippen LogP contribution >= 0.6 is 11.3 Å². The monoisotopic (exact) mass is 441 g/mol. The van der Waals surface area contributed by atoms with Gasteiger partial charge >= 0.3 is 0 Å². The highest BCUT2D eigenvalue weighted by Gasteiger charge is 2.22. The number of fused-ring (bicyclic) bond motifs is 1. The molecule has 1 aliphatic heterocycles. The minimum atomic E-state index is -0.109. The highest BCUT2D eigenvalue weighted by Crippen LogP contribution is 2.31. The normalized spacial score (nSPS) is 14.5. The lowest BCUT2D eigenvalue weighted by atomic mass is 10.2. The van der Waals surface area contributed by atoms with Gasteiger partial charge < -0.3 is 14.2 Å². The van der Waals surface area contributed by atoms with E-state index in [1.807, 2.05) is 49.4 Å². The molecular weight excluding hydrogens is 414 g/mol. The topological polar surface area (TPSA) is 64.1 Å². The van der Waals surface area contributed by atoms with E-state index >= 15 is 0 Å². The molecule has 1 aliphatic rings. The van der Waals surface area contributed by atoms with Crippen LogP contribution in [0.1, 0.15) is 5.56 Å². The zero-order valence-electron chi connectivity index (χ0n) is 17.9. The average Bonchev–Trinajstić information content (AvgIpc) is 3.22. The van der Waals surface area contributed by atoms with Gasteiger partial charge in [-0.2, -0.15) is 0 Å². The number of amides is 1. The second kappa shape index (κ2) is 10.1. The molecule has 31 heavy (non-hydrogen) atoms. The summed E-state index contributed by atoms with van der Waals surface area (Å²) in [4.78, 5) is 22.0. The molecule has 0 radical (unpaired) electrons. The zero-order valence-corrected chi connectivity index (χ0v) is 18.7. The van der Waals surface area contributed by atoms with Crippen molar-refractivity contribution in [1.82, 2.24) is 9.88 Å². The van der Waals surface area contributed by atoms with Gasteiger partial charge in [0.15, 0.2) is 11.7 Å². The molecule has 1 amide bonds. The standard InChI is InChI=1S/C23H27N3O4S/c1-17-5-3-4-6-20(17)30-16-22(27)26(10-9-25-11-13-29-14-12-25)23-24-19-15-18(28-2)7-8-21(19)31-23/h3-8,15H,9-14,16H2,1-2H3. The number of para-hydroxylation sites is 1. The number of benzene rings is 2. The van der Waals surface area contributed by atoms with Crippen molar-refractivity contribution in [3.8, 4) is 11.5 Å². The quantitative estimate of drug-likeness (QED) is 0.534. The maximum Gasteiger partial charge on any atom is 0.266 e. The molecule has 0 unspecified atom stereocenters. The highest BCUT2D eigenvalue weighted by molar-refractivity contribution is 7.22. The highest BCUT2D eigenvalue weighted by atomic mass is 32.1. The lowest BCUT2D eigenvalue weighted by molar-refractivity contribution is -0.120. The molecule has 4 rings (SSSR count). The Morgan fingerprint density at radius 1 is 1.23 bits per heavy atom. The van der Waals surface area contributed by atoms with Crippen molar-refractivity contribution in [2.75, 3.05) is 58.0 Å². The zero-order chi connectivity index (χ0) is 21.6. The molecule has 3 aromatic rings. The van der Waals surface area contributed by atoms with Crippen molar-refractivity contribution in [2.24, 2.45) is 0 Å². The van der Waals surface area contributed by atoms with Gasteiger partial charge in [-0.1, -0.05) is 29.5 Å². The molecule has 1 fully saturated rings. The van der Waals surface area contributed by atoms with Gasteiger partial charge in [0.25, 0.3) is 5.91 Å². The van der Waals surface area contributed by atoms with Gasteiger partial charge in [-0.25, -0.2) is 4.98 Å². The summed E-state index contributed by atoms with van der Waals surface area (Å²) in [5.74, 6) is 1.36. The van der Waals surface area contributed by atoms with Gasteiger partial charge in [0.05, 0.1) is 30.5 Å². The SMILES string of the molecule is COc1ccc2sc(N(CCN3CCOCC3)C(=O)COc3ccccc3C)nc2c1. The Morgan fingerprint density at radius 2 is 2.03 bits per heavy atom. The number of carbonyl (C=O) groups is 1. The third kappa shape index (κ3) is 5.33. The van der Waals surface area contributed by atoms with E-state index in [0.717, 1.165) is 60.1 Å². The summed E-state index contributed by atoms with van der Waals surface area (Å²) in [7, 11) is 1.63. The maximum absolute atomic E-state index is 13.2. The number of hydrogen-bond acceptors (Lipinski definition) is 7. The third-order valence-corrected chi connectivity index (χ3v) is 6.36. The molecular formula is C23H27N3O4S. The van der Waals surface area contributed by atoms with E-state index in [0.29, 0.717) is 11.7 Å². The van der Waals surface area contributed by atoms with Gasteiger partial charge in [-0.05, 0) is 30.7 Å².